The summed E-state index contributed by atoms with van der Waals surface area (Å²) in [5.74, 6) is 0.108. The minimum absolute atomic E-state index is 0.0415. The second kappa shape index (κ2) is 5.76. The average molecular weight is 265 g/mol. The lowest BCUT2D eigenvalue weighted by Gasteiger charge is -2.16. The summed E-state index contributed by atoms with van der Waals surface area (Å²) in [6.07, 6.45) is 2.07. The van der Waals surface area contributed by atoms with Crippen molar-refractivity contribution in [3.05, 3.63) is 29.8 Å². The molecule has 3 nitrogen and oxygen atoms in total. The third-order valence-corrected chi connectivity index (χ3v) is 4.29. The smallest absolute Gasteiger partial charge is 0.310 e. The number of hydrogen-bond donors (Lipinski definition) is 0. The van der Waals surface area contributed by atoms with Gasteiger partial charge in [0.25, 0.3) is 0 Å². The molecule has 1 heterocycles. The van der Waals surface area contributed by atoms with Crippen LogP contribution >= 0.6 is 11.8 Å². The van der Waals surface area contributed by atoms with Crippen molar-refractivity contribution in [3.8, 4) is 0 Å². The molecule has 1 fully saturated rings. The third kappa shape index (κ3) is 2.70. The Morgan fingerprint density at radius 3 is 2.56 bits per heavy atom. The van der Waals surface area contributed by atoms with Crippen LogP contribution in [0.3, 0.4) is 0 Å². The lowest BCUT2D eigenvalue weighted by molar-refractivity contribution is -0.145. The Morgan fingerprint density at radius 1 is 1.33 bits per heavy atom. The summed E-state index contributed by atoms with van der Waals surface area (Å²) in [5, 5.41) is 0. The highest BCUT2D eigenvalue weighted by atomic mass is 32.2. The topological polar surface area (TPSA) is 29.5 Å². The van der Waals surface area contributed by atoms with Crippen molar-refractivity contribution < 1.29 is 9.53 Å². The van der Waals surface area contributed by atoms with Gasteiger partial charge in [-0.25, -0.2) is 0 Å². The fraction of sp³-hybridized carbons (Fsp3) is 0.500. The highest BCUT2D eigenvalue weighted by Crippen LogP contribution is 2.33. The molecule has 2 unspecified atom stereocenters. The Hall–Kier alpha value is -1.00. The van der Waals surface area contributed by atoms with Gasteiger partial charge in [0.2, 0.25) is 0 Å². The Morgan fingerprint density at radius 2 is 2.00 bits per heavy atom. The van der Waals surface area contributed by atoms with Crippen LogP contribution in [0.4, 0.5) is 0 Å². The summed E-state index contributed by atoms with van der Waals surface area (Å²) in [6, 6.07) is 8.50. The predicted octanol–water partition coefficient (Wildman–Crippen LogP) is 2.23. The summed E-state index contributed by atoms with van der Waals surface area (Å²) >= 11 is 1.73. The summed E-state index contributed by atoms with van der Waals surface area (Å²) in [4.78, 5) is 15.3. The molecule has 0 aromatic heterocycles. The molecule has 1 aliphatic heterocycles. The van der Waals surface area contributed by atoms with Gasteiger partial charge >= 0.3 is 5.97 Å². The molecule has 2 rings (SSSR count). The molecule has 1 aromatic carbocycles. The summed E-state index contributed by atoms with van der Waals surface area (Å²) in [7, 11) is 3.51. The maximum atomic E-state index is 11.8. The number of nitrogens with zero attached hydrogens (tertiary/aromatic N) is 1. The number of rotatable bonds is 3. The van der Waals surface area contributed by atoms with Gasteiger partial charge in [-0.1, -0.05) is 12.1 Å². The standard InChI is InChI=1S/C14H19NO2S/c1-15-8-12(13(9-15)14(16)17-2)10-4-6-11(18-3)7-5-10/h4-7,12-13H,8-9H2,1-3H3. The van der Waals surface area contributed by atoms with Crippen molar-refractivity contribution in [2.24, 2.45) is 5.92 Å². The zero-order chi connectivity index (χ0) is 13.1. The van der Waals surface area contributed by atoms with E-state index in [9.17, 15) is 4.79 Å². The number of ether oxygens (including phenoxy) is 1. The van der Waals surface area contributed by atoms with Crippen molar-refractivity contribution in [1.29, 1.82) is 0 Å². The van der Waals surface area contributed by atoms with Gasteiger partial charge < -0.3 is 9.64 Å². The molecule has 0 bridgehead atoms. The first-order valence-electron chi connectivity index (χ1n) is 6.06. The summed E-state index contributed by atoms with van der Waals surface area (Å²) in [6.45, 7) is 1.69. The van der Waals surface area contributed by atoms with E-state index < -0.39 is 0 Å². The molecule has 0 radical (unpaired) electrons. The molecule has 0 saturated carbocycles. The van der Waals surface area contributed by atoms with Gasteiger partial charge in [0.15, 0.2) is 0 Å². The molecule has 1 saturated heterocycles. The van der Waals surface area contributed by atoms with Crippen LogP contribution in [-0.2, 0) is 9.53 Å². The van der Waals surface area contributed by atoms with E-state index in [4.69, 9.17) is 4.74 Å². The van der Waals surface area contributed by atoms with Crippen molar-refractivity contribution in [2.75, 3.05) is 33.5 Å². The van der Waals surface area contributed by atoms with Crippen LogP contribution in [0.1, 0.15) is 11.5 Å². The molecule has 0 aliphatic carbocycles. The minimum Gasteiger partial charge on any atom is -0.469 e. The van der Waals surface area contributed by atoms with E-state index >= 15 is 0 Å². The van der Waals surface area contributed by atoms with Crippen molar-refractivity contribution in [2.45, 2.75) is 10.8 Å². The molecule has 2 atom stereocenters. The lowest BCUT2D eigenvalue weighted by Crippen LogP contribution is -2.23. The Kier molecular flexibility index (Phi) is 4.30. The Bertz CT molecular complexity index is 418. The number of likely N-dealkylation sites (tertiary alicyclic amines) is 1. The molecular weight excluding hydrogens is 246 g/mol. The number of esters is 1. The van der Waals surface area contributed by atoms with E-state index in [-0.39, 0.29) is 17.8 Å². The molecule has 0 spiro atoms. The van der Waals surface area contributed by atoms with Crippen LogP contribution < -0.4 is 0 Å². The third-order valence-electron chi connectivity index (χ3n) is 3.55. The quantitative estimate of drug-likeness (QED) is 0.619. The van der Waals surface area contributed by atoms with Crippen molar-refractivity contribution in [1.82, 2.24) is 4.90 Å². The van der Waals surface area contributed by atoms with Crippen molar-refractivity contribution >= 4 is 17.7 Å². The molecule has 18 heavy (non-hydrogen) atoms. The van der Waals surface area contributed by atoms with Gasteiger partial charge in [-0.15, -0.1) is 11.8 Å². The van der Waals surface area contributed by atoms with Crippen molar-refractivity contribution in [3.63, 3.8) is 0 Å². The SMILES string of the molecule is COC(=O)C1CN(C)CC1c1ccc(SC)cc1. The number of hydrogen-bond acceptors (Lipinski definition) is 4. The molecule has 0 N–H and O–H groups in total. The van der Waals surface area contributed by atoms with E-state index in [1.165, 1.54) is 17.6 Å². The fourth-order valence-electron chi connectivity index (χ4n) is 2.58. The van der Waals surface area contributed by atoms with E-state index in [0.29, 0.717) is 0 Å². The highest BCUT2D eigenvalue weighted by molar-refractivity contribution is 7.98. The number of thioether (sulfide) groups is 1. The van der Waals surface area contributed by atoms with Crippen LogP contribution in [0.15, 0.2) is 29.2 Å². The highest BCUT2D eigenvalue weighted by Gasteiger charge is 2.37. The van der Waals surface area contributed by atoms with Crippen LogP contribution in [-0.4, -0.2) is 44.4 Å². The van der Waals surface area contributed by atoms with E-state index in [0.717, 1.165) is 13.1 Å². The number of carbonyl (C=O) groups excluding carboxylic acids is 1. The maximum Gasteiger partial charge on any atom is 0.310 e. The molecule has 1 aliphatic rings. The first-order chi connectivity index (χ1) is 8.65. The van der Waals surface area contributed by atoms with E-state index in [1.807, 2.05) is 7.05 Å². The monoisotopic (exact) mass is 265 g/mol. The molecular formula is C14H19NO2S. The minimum atomic E-state index is -0.0988. The van der Waals surface area contributed by atoms with Crippen LogP contribution in [0.2, 0.25) is 0 Å². The van der Waals surface area contributed by atoms with Crippen LogP contribution in [0.25, 0.3) is 0 Å². The normalized spacial score (nSPS) is 24.2. The second-order valence-electron chi connectivity index (χ2n) is 4.73. The molecule has 1 aromatic rings. The lowest BCUT2D eigenvalue weighted by atomic mass is 9.89. The zero-order valence-corrected chi connectivity index (χ0v) is 11.9. The van der Waals surface area contributed by atoms with Crippen LogP contribution in [0.5, 0.6) is 0 Å². The van der Waals surface area contributed by atoms with E-state index in [1.54, 1.807) is 11.8 Å². The van der Waals surface area contributed by atoms with E-state index in [2.05, 4.69) is 35.4 Å². The number of methoxy groups -OCH3 is 1. The largest absolute Gasteiger partial charge is 0.469 e. The average Bonchev–Trinajstić information content (AvgIpc) is 2.80. The van der Waals surface area contributed by atoms with Gasteiger partial charge in [-0.05, 0) is 31.0 Å². The Labute approximate surface area is 113 Å². The molecule has 0 amide bonds. The van der Waals surface area contributed by atoms with Gasteiger partial charge in [0.1, 0.15) is 0 Å². The second-order valence-corrected chi connectivity index (χ2v) is 5.61. The fourth-order valence-corrected chi connectivity index (χ4v) is 2.99. The number of carbonyl (C=O) groups is 1. The van der Waals surface area contributed by atoms with Gasteiger partial charge in [-0.2, -0.15) is 0 Å². The summed E-state index contributed by atoms with van der Waals surface area (Å²) in [5.41, 5.74) is 1.23. The Balaban J connectivity index is 2.21. The molecule has 98 valence electrons. The first kappa shape index (κ1) is 13.4. The predicted molar refractivity (Wildman–Crippen MR) is 74.0 cm³/mol. The van der Waals surface area contributed by atoms with Gasteiger partial charge in [-0.3, -0.25) is 4.79 Å². The number of benzene rings is 1. The van der Waals surface area contributed by atoms with Gasteiger partial charge in [0, 0.05) is 23.9 Å². The maximum absolute atomic E-state index is 11.8. The number of likely N-dealkylation sites (N-methyl/N-ethyl adjacent to an activating group) is 1. The molecule has 4 heteroatoms. The van der Waals surface area contributed by atoms with Crippen LogP contribution in [0, 0.1) is 5.92 Å². The zero-order valence-electron chi connectivity index (χ0n) is 11.1. The van der Waals surface area contributed by atoms with Gasteiger partial charge in [0.05, 0.1) is 13.0 Å². The summed E-state index contributed by atoms with van der Waals surface area (Å²) < 4.78 is 4.91. The first-order valence-corrected chi connectivity index (χ1v) is 7.28.